The number of pyridine rings is 1. The van der Waals surface area contributed by atoms with Crippen molar-refractivity contribution < 1.29 is 14.6 Å². The van der Waals surface area contributed by atoms with Gasteiger partial charge in [-0.05, 0) is 18.6 Å². The Morgan fingerprint density at radius 3 is 2.95 bits per heavy atom. The number of hydrogen-bond donors (Lipinski definition) is 1. The molecule has 0 saturated carbocycles. The number of hydrogen-bond acceptors (Lipinski definition) is 4. The number of benzene rings is 1. The normalized spacial score (nSPS) is 18.4. The van der Waals surface area contributed by atoms with Gasteiger partial charge in [0.05, 0.1) is 18.2 Å². The molecule has 1 saturated heterocycles. The van der Waals surface area contributed by atoms with Gasteiger partial charge in [-0.3, -0.25) is 0 Å². The zero-order valence-electron chi connectivity index (χ0n) is 11.2. The quantitative estimate of drug-likeness (QED) is 0.927. The summed E-state index contributed by atoms with van der Waals surface area (Å²) in [6.45, 7) is 1.43. The highest BCUT2D eigenvalue weighted by Gasteiger charge is 2.23. The monoisotopic (exact) mass is 272 g/mol. The molecule has 0 spiro atoms. The Bertz CT molecular complexity index is 651. The maximum absolute atomic E-state index is 11.2. The first-order chi connectivity index (χ1) is 9.66. The van der Waals surface area contributed by atoms with Crippen LogP contribution in [0.2, 0.25) is 0 Å². The highest BCUT2D eigenvalue weighted by atomic mass is 16.5. The van der Waals surface area contributed by atoms with Crippen LogP contribution in [0.4, 0.5) is 5.69 Å². The Labute approximate surface area is 116 Å². The number of rotatable bonds is 3. The van der Waals surface area contributed by atoms with Crippen LogP contribution in [0.15, 0.2) is 30.3 Å². The van der Waals surface area contributed by atoms with Crippen molar-refractivity contribution in [1.29, 1.82) is 0 Å². The number of aromatic carboxylic acids is 1. The van der Waals surface area contributed by atoms with E-state index in [4.69, 9.17) is 4.74 Å². The van der Waals surface area contributed by atoms with Crippen LogP contribution in [0.5, 0.6) is 0 Å². The number of aromatic nitrogens is 1. The minimum atomic E-state index is -1.01. The van der Waals surface area contributed by atoms with Crippen molar-refractivity contribution in [3.05, 3.63) is 36.0 Å². The molecule has 3 rings (SSSR count). The molecule has 5 nitrogen and oxygen atoms in total. The van der Waals surface area contributed by atoms with Crippen LogP contribution in [-0.2, 0) is 4.74 Å². The summed E-state index contributed by atoms with van der Waals surface area (Å²) in [7, 11) is 1.98. The van der Waals surface area contributed by atoms with Gasteiger partial charge in [0, 0.05) is 24.7 Å². The maximum Gasteiger partial charge on any atom is 0.354 e. The lowest BCUT2D eigenvalue weighted by Crippen LogP contribution is -2.32. The maximum atomic E-state index is 11.2. The van der Waals surface area contributed by atoms with Crippen LogP contribution < -0.4 is 4.90 Å². The third kappa shape index (κ3) is 2.20. The number of carboxylic acids is 1. The molecule has 5 heteroatoms. The van der Waals surface area contributed by atoms with Crippen molar-refractivity contribution in [2.75, 3.05) is 25.2 Å². The minimum absolute atomic E-state index is 0.0736. The topological polar surface area (TPSA) is 62.7 Å². The highest BCUT2D eigenvalue weighted by Crippen LogP contribution is 2.29. The lowest BCUT2D eigenvalue weighted by Gasteiger charge is -2.26. The summed E-state index contributed by atoms with van der Waals surface area (Å²) in [6.07, 6.45) is 0.954. The molecule has 1 atom stereocenters. The molecule has 2 heterocycles. The summed E-state index contributed by atoms with van der Waals surface area (Å²) in [6, 6.07) is 9.53. The van der Waals surface area contributed by atoms with Crippen LogP contribution in [0.3, 0.4) is 0 Å². The van der Waals surface area contributed by atoms with Crippen molar-refractivity contribution in [2.45, 2.75) is 12.5 Å². The standard InChI is InChI=1S/C15H16N2O3/c1-17(10-6-7-20-9-10)14-8-13(15(18)19)16-12-5-3-2-4-11(12)14/h2-5,8,10H,6-7,9H2,1H3,(H,18,19). The fourth-order valence-electron chi connectivity index (χ4n) is 2.58. The third-order valence-electron chi connectivity index (χ3n) is 3.75. The first-order valence-electron chi connectivity index (χ1n) is 6.60. The lowest BCUT2D eigenvalue weighted by molar-refractivity contribution is 0.0691. The Balaban J connectivity index is 2.13. The zero-order valence-corrected chi connectivity index (χ0v) is 11.2. The van der Waals surface area contributed by atoms with E-state index in [1.165, 1.54) is 0 Å². The van der Waals surface area contributed by atoms with Crippen molar-refractivity contribution >= 4 is 22.6 Å². The van der Waals surface area contributed by atoms with Crippen molar-refractivity contribution in [3.63, 3.8) is 0 Å². The van der Waals surface area contributed by atoms with E-state index in [2.05, 4.69) is 9.88 Å². The minimum Gasteiger partial charge on any atom is -0.477 e. The summed E-state index contributed by atoms with van der Waals surface area (Å²) >= 11 is 0. The molecular formula is C15H16N2O3. The molecule has 20 heavy (non-hydrogen) atoms. The van der Waals surface area contributed by atoms with Gasteiger partial charge >= 0.3 is 5.97 Å². The fraction of sp³-hybridized carbons (Fsp3) is 0.333. The Hall–Kier alpha value is -2.14. The second-order valence-electron chi connectivity index (χ2n) is 4.98. The van der Waals surface area contributed by atoms with Gasteiger partial charge in [0.1, 0.15) is 0 Å². The van der Waals surface area contributed by atoms with E-state index in [0.717, 1.165) is 24.1 Å². The molecule has 0 radical (unpaired) electrons. The van der Waals surface area contributed by atoms with E-state index in [1.807, 2.05) is 31.3 Å². The molecule has 1 aliphatic heterocycles. The number of anilines is 1. The fourth-order valence-corrected chi connectivity index (χ4v) is 2.58. The number of nitrogens with zero attached hydrogens (tertiary/aromatic N) is 2. The summed E-state index contributed by atoms with van der Waals surface area (Å²) in [4.78, 5) is 17.5. The largest absolute Gasteiger partial charge is 0.477 e. The predicted molar refractivity (Wildman–Crippen MR) is 76.3 cm³/mol. The molecule has 1 aliphatic rings. The van der Waals surface area contributed by atoms with Crippen LogP contribution >= 0.6 is 0 Å². The number of likely N-dealkylation sites (N-methyl/N-ethyl adjacent to an activating group) is 1. The molecule has 2 aromatic rings. The van der Waals surface area contributed by atoms with Gasteiger partial charge in [0.15, 0.2) is 5.69 Å². The Kier molecular flexibility index (Phi) is 3.28. The van der Waals surface area contributed by atoms with Crippen molar-refractivity contribution in [3.8, 4) is 0 Å². The molecule has 0 amide bonds. The highest BCUT2D eigenvalue weighted by molar-refractivity contribution is 5.97. The number of ether oxygens (including phenoxy) is 1. The molecule has 0 bridgehead atoms. The van der Waals surface area contributed by atoms with E-state index in [0.29, 0.717) is 12.1 Å². The molecule has 1 aromatic carbocycles. The lowest BCUT2D eigenvalue weighted by atomic mass is 10.1. The SMILES string of the molecule is CN(c1cc(C(=O)O)nc2ccccc12)C1CCOC1. The van der Waals surface area contributed by atoms with Gasteiger partial charge in [0.25, 0.3) is 0 Å². The summed E-state index contributed by atoms with van der Waals surface area (Å²) < 4.78 is 5.42. The molecule has 1 aromatic heterocycles. The van der Waals surface area contributed by atoms with Crippen LogP contribution in [-0.4, -0.2) is 42.4 Å². The average Bonchev–Trinajstić information content (AvgIpc) is 2.99. The van der Waals surface area contributed by atoms with E-state index in [9.17, 15) is 9.90 Å². The van der Waals surface area contributed by atoms with E-state index >= 15 is 0 Å². The van der Waals surface area contributed by atoms with Gasteiger partial charge in [-0.2, -0.15) is 0 Å². The molecule has 1 fully saturated rings. The number of carbonyl (C=O) groups is 1. The van der Waals surface area contributed by atoms with Gasteiger partial charge in [-0.15, -0.1) is 0 Å². The van der Waals surface area contributed by atoms with Gasteiger partial charge in [0.2, 0.25) is 0 Å². The smallest absolute Gasteiger partial charge is 0.354 e. The van der Waals surface area contributed by atoms with Crippen LogP contribution in [0, 0.1) is 0 Å². The van der Waals surface area contributed by atoms with Gasteiger partial charge in [-0.1, -0.05) is 18.2 Å². The van der Waals surface area contributed by atoms with Crippen molar-refractivity contribution in [2.24, 2.45) is 0 Å². The van der Waals surface area contributed by atoms with E-state index in [1.54, 1.807) is 6.07 Å². The molecule has 1 N–H and O–H groups in total. The van der Waals surface area contributed by atoms with Crippen molar-refractivity contribution in [1.82, 2.24) is 4.98 Å². The molecular weight excluding hydrogens is 256 g/mol. The number of carboxylic acid groups (broad SMARTS) is 1. The Morgan fingerprint density at radius 1 is 1.45 bits per heavy atom. The Morgan fingerprint density at radius 2 is 2.25 bits per heavy atom. The summed E-state index contributed by atoms with van der Waals surface area (Å²) in [5, 5.41) is 10.2. The molecule has 0 aliphatic carbocycles. The predicted octanol–water partition coefficient (Wildman–Crippen LogP) is 2.16. The van der Waals surface area contributed by atoms with Gasteiger partial charge < -0.3 is 14.7 Å². The summed E-state index contributed by atoms with van der Waals surface area (Å²) in [5.41, 5.74) is 1.67. The van der Waals surface area contributed by atoms with E-state index in [-0.39, 0.29) is 11.7 Å². The number of fused-ring (bicyclic) bond motifs is 1. The number of para-hydroxylation sites is 1. The van der Waals surface area contributed by atoms with E-state index < -0.39 is 5.97 Å². The first-order valence-corrected chi connectivity index (χ1v) is 6.60. The molecule has 104 valence electrons. The van der Waals surface area contributed by atoms with Gasteiger partial charge in [-0.25, -0.2) is 9.78 Å². The summed E-state index contributed by atoms with van der Waals surface area (Å²) in [5.74, 6) is -1.01. The van der Waals surface area contributed by atoms with Crippen LogP contribution in [0.25, 0.3) is 10.9 Å². The average molecular weight is 272 g/mol. The molecule has 1 unspecified atom stereocenters. The first kappa shape index (κ1) is 12.9. The third-order valence-corrected chi connectivity index (χ3v) is 3.75. The van der Waals surface area contributed by atoms with Crippen LogP contribution in [0.1, 0.15) is 16.9 Å². The second-order valence-corrected chi connectivity index (χ2v) is 4.98. The second kappa shape index (κ2) is 5.09. The zero-order chi connectivity index (χ0) is 14.1.